The number of unbranched alkanes of at least 4 members (excludes halogenated alkanes) is 45. The molecule has 0 saturated heterocycles. The molecule has 0 spiro atoms. The molecular formula is C63H120O6. The van der Waals surface area contributed by atoms with E-state index >= 15 is 0 Å². The molecule has 0 aromatic carbocycles. The van der Waals surface area contributed by atoms with Gasteiger partial charge < -0.3 is 14.2 Å². The number of hydrogen-bond acceptors (Lipinski definition) is 6. The van der Waals surface area contributed by atoms with Crippen LogP contribution in [0, 0.1) is 0 Å². The molecule has 0 amide bonds. The second-order valence-electron chi connectivity index (χ2n) is 21.3. The van der Waals surface area contributed by atoms with Crippen LogP contribution in [0.3, 0.4) is 0 Å². The van der Waals surface area contributed by atoms with Gasteiger partial charge in [-0.05, 0) is 44.9 Å². The first-order valence-electron chi connectivity index (χ1n) is 31.2. The Morgan fingerprint density at radius 3 is 0.725 bits per heavy atom. The molecule has 0 heterocycles. The first-order chi connectivity index (χ1) is 34.0. The molecule has 0 aromatic rings. The molecule has 1 atom stereocenters. The molecule has 0 aliphatic heterocycles. The number of allylic oxidation sites excluding steroid dienone is 2. The van der Waals surface area contributed by atoms with Crippen molar-refractivity contribution in [2.75, 3.05) is 13.2 Å². The molecule has 0 aliphatic carbocycles. The third-order valence-corrected chi connectivity index (χ3v) is 14.3. The van der Waals surface area contributed by atoms with Crippen molar-refractivity contribution >= 4 is 17.9 Å². The average Bonchev–Trinajstić information content (AvgIpc) is 3.35. The molecular weight excluding hydrogens is 853 g/mol. The molecule has 0 bridgehead atoms. The molecule has 0 saturated carbocycles. The van der Waals surface area contributed by atoms with E-state index in [1.54, 1.807) is 0 Å². The Balaban J connectivity index is 4.27. The Hall–Kier alpha value is -1.85. The lowest BCUT2D eigenvalue weighted by Gasteiger charge is -2.18. The monoisotopic (exact) mass is 973 g/mol. The summed E-state index contributed by atoms with van der Waals surface area (Å²) in [6.45, 7) is 6.70. The van der Waals surface area contributed by atoms with Crippen molar-refractivity contribution < 1.29 is 28.6 Å². The summed E-state index contributed by atoms with van der Waals surface area (Å²) in [5.41, 5.74) is 0. The minimum absolute atomic E-state index is 0.0661. The van der Waals surface area contributed by atoms with Crippen LogP contribution in [0.4, 0.5) is 0 Å². The zero-order chi connectivity index (χ0) is 50.0. The smallest absolute Gasteiger partial charge is 0.306 e. The van der Waals surface area contributed by atoms with Crippen LogP contribution in [0.5, 0.6) is 0 Å². The van der Waals surface area contributed by atoms with E-state index in [2.05, 4.69) is 32.9 Å². The van der Waals surface area contributed by atoms with Gasteiger partial charge in [0.15, 0.2) is 6.10 Å². The van der Waals surface area contributed by atoms with E-state index in [1.165, 1.54) is 250 Å². The van der Waals surface area contributed by atoms with E-state index in [1.807, 2.05) is 0 Å². The van der Waals surface area contributed by atoms with Crippen molar-refractivity contribution in [3.8, 4) is 0 Å². The third kappa shape index (κ3) is 56.9. The molecule has 0 N–H and O–H groups in total. The van der Waals surface area contributed by atoms with Crippen LogP contribution in [0.2, 0.25) is 0 Å². The second kappa shape index (κ2) is 58.7. The molecule has 0 unspecified atom stereocenters. The summed E-state index contributed by atoms with van der Waals surface area (Å²) >= 11 is 0. The van der Waals surface area contributed by atoms with Crippen molar-refractivity contribution in [1.82, 2.24) is 0 Å². The predicted molar refractivity (Wildman–Crippen MR) is 298 cm³/mol. The second-order valence-corrected chi connectivity index (χ2v) is 21.3. The van der Waals surface area contributed by atoms with Gasteiger partial charge in [0.2, 0.25) is 0 Å². The molecule has 0 aliphatic rings. The normalized spacial score (nSPS) is 12.0. The van der Waals surface area contributed by atoms with Gasteiger partial charge in [-0.2, -0.15) is 0 Å². The summed E-state index contributed by atoms with van der Waals surface area (Å²) in [4.78, 5) is 38.2. The number of hydrogen-bond donors (Lipinski definition) is 0. The number of rotatable bonds is 58. The maximum Gasteiger partial charge on any atom is 0.306 e. The van der Waals surface area contributed by atoms with Crippen molar-refractivity contribution in [2.45, 2.75) is 361 Å². The van der Waals surface area contributed by atoms with Crippen molar-refractivity contribution in [3.63, 3.8) is 0 Å². The molecule has 0 rings (SSSR count). The van der Waals surface area contributed by atoms with Gasteiger partial charge in [-0.25, -0.2) is 0 Å². The van der Waals surface area contributed by atoms with Crippen LogP contribution < -0.4 is 0 Å². The highest BCUT2D eigenvalue weighted by Gasteiger charge is 2.19. The highest BCUT2D eigenvalue weighted by atomic mass is 16.6. The third-order valence-electron chi connectivity index (χ3n) is 14.3. The summed E-state index contributed by atoms with van der Waals surface area (Å²) in [5, 5.41) is 0. The number of ether oxygens (including phenoxy) is 3. The van der Waals surface area contributed by atoms with E-state index in [4.69, 9.17) is 14.2 Å². The molecule has 0 aromatic heterocycles. The first-order valence-corrected chi connectivity index (χ1v) is 31.2. The lowest BCUT2D eigenvalue weighted by Crippen LogP contribution is -2.30. The fourth-order valence-electron chi connectivity index (χ4n) is 9.56. The fourth-order valence-corrected chi connectivity index (χ4v) is 9.56. The van der Waals surface area contributed by atoms with Gasteiger partial charge in [0.05, 0.1) is 0 Å². The first kappa shape index (κ1) is 67.1. The van der Waals surface area contributed by atoms with Crippen molar-refractivity contribution in [1.29, 1.82) is 0 Å². The quantitative estimate of drug-likeness (QED) is 0.0261. The van der Waals surface area contributed by atoms with Crippen LogP contribution in [-0.2, 0) is 28.6 Å². The molecule has 69 heavy (non-hydrogen) atoms. The van der Waals surface area contributed by atoms with Gasteiger partial charge in [0.1, 0.15) is 13.2 Å². The Bertz CT molecular complexity index is 1070. The van der Waals surface area contributed by atoms with E-state index in [-0.39, 0.29) is 31.1 Å². The van der Waals surface area contributed by atoms with Gasteiger partial charge in [-0.3, -0.25) is 14.4 Å². The lowest BCUT2D eigenvalue weighted by atomic mass is 10.0. The molecule has 0 fully saturated rings. The summed E-state index contributed by atoms with van der Waals surface area (Å²) in [6.07, 6.45) is 67.8. The van der Waals surface area contributed by atoms with Gasteiger partial charge in [-0.1, -0.05) is 303 Å². The summed E-state index contributed by atoms with van der Waals surface area (Å²) in [6, 6.07) is 0. The SMILES string of the molecule is CCCCCCCC/C=C\CCCCCCCC(=O)OC[C@H](COC(=O)CCCCCCCCCCCCCCCCCCCCCCC)OC(=O)CCCCCCCCCCCCCCCCC. The zero-order valence-electron chi connectivity index (χ0n) is 46.9. The standard InChI is InChI=1S/C63H120O6/c1-4-7-10-13-16-19-22-25-28-29-30-31-32-33-36-38-41-44-47-50-53-56-62(65)68-59-60(69-63(66)57-54-51-48-45-42-39-35-27-24-21-18-15-12-9-6-3)58-67-61(64)55-52-49-46-43-40-37-34-26-23-20-17-14-11-8-5-2/h26,34,60H,4-25,27-33,35-59H2,1-3H3/b34-26-/t60-/m1/s1. The Kier molecular flexibility index (Phi) is 57.1. The Morgan fingerprint density at radius 2 is 0.478 bits per heavy atom. The minimum Gasteiger partial charge on any atom is -0.462 e. The van der Waals surface area contributed by atoms with Gasteiger partial charge >= 0.3 is 17.9 Å². The number of carbonyl (C=O) groups excluding carboxylic acids is 3. The van der Waals surface area contributed by atoms with Gasteiger partial charge in [-0.15, -0.1) is 0 Å². The predicted octanol–water partition coefficient (Wildman–Crippen LogP) is 20.9. The van der Waals surface area contributed by atoms with E-state index in [0.29, 0.717) is 19.3 Å². The van der Waals surface area contributed by atoms with Crippen LogP contribution in [0.25, 0.3) is 0 Å². The van der Waals surface area contributed by atoms with Gasteiger partial charge in [0, 0.05) is 19.3 Å². The molecule has 0 radical (unpaired) electrons. The zero-order valence-corrected chi connectivity index (χ0v) is 46.9. The molecule has 408 valence electrons. The Morgan fingerprint density at radius 1 is 0.275 bits per heavy atom. The molecule has 6 heteroatoms. The van der Waals surface area contributed by atoms with Crippen LogP contribution in [0.15, 0.2) is 12.2 Å². The highest BCUT2D eigenvalue weighted by Crippen LogP contribution is 2.18. The summed E-state index contributed by atoms with van der Waals surface area (Å²) in [7, 11) is 0. The van der Waals surface area contributed by atoms with Crippen molar-refractivity contribution in [3.05, 3.63) is 12.2 Å². The van der Waals surface area contributed by atoms with Crippen molar-refractivity contribution in [2.24, 2.45) is 0 Å². The van der Waals surface area contributed by atoms with E-state index in [0.717, 1.165) is 64.2 Å². The maximum atomic E-state index is 12.9. The average molecular weight is 974 g/mol. The summed E-state index contributed by atoms with van der Waals surface area (Å²) in [5.74, 6) is -0.846. The van der Waals surface area contributed by atoms with E-state index < -0.39 is 6.10 Å². The van der Waals surface area contributed by atoms with E-state index in [9.17, 15) is 14.4 Å². The van der Waals surface area contributed by atoms with Gasteiger partial charge in [0.25, 0.3) is 0 Å². The van der Waals surface area contributed by atoms with Crippen LogP contribution >= 0.6 is 0 Å². The largest absolute Gasteiger partial charge is 0.462 e. The maximum absolute atomic E-state index is 12.9. The minimum atomic E-state index is -0.768. The Labute approximate surface area is 431 Å². The highest BCUT2D eigenvalue weighted by molar-refractivity contribution is 5.71. The molecule has 6 nitrogen and oxygen atoms in total. The summed E-state index contributed by atoms with van der Waals surface area (Å²) < 4.78 is 16.9. The van der Waals surface area contributed by atoms with Crippen LogP contribution in [-0.4, -0.2) is 37.2 Å². The van der Waals surface area contributed by atoms with Crippen LogP contribution in [0.1, 0.15) is 355 Å². The number of carbonyl (C=O) groups is 3. The fraction of sp³-hybridized carbons (Fsp3) is 0.921. The number of esters is 3. The topological polar surface area (TPSA) is 78.9 Å². The lowest BCUT2D eigenvalue weighted by molar-refractivity contribution is -0.167.